The largest absolute Gasteiger partial charge is 0.428 e. The van der Waals surface area contributed by atoms with Gasteiger partial charge in [-0.15, -0.1) is 11.3 Å². The highest BCUT2D eigenvalue weighted by molar-refractivity contribution is 7.19. The monoisotopic (exact) mass is 262 g/mol. The number of hydrogen-bond acceptors (Lipinski definition) is 3. The summed E-state index contributed by atoms with van der Waals surface area (Å²) in [6.07, 6.45) is 0. The molecule has 0 amide bonds. The Morgan fingerprint density at radius 1 is 1.41 bits per heavy atom. The Kier molecular flexibility index (Phi) is 3.06. The normalized spacial score (nSPS) is 11.5. The van der Waals surface area contributed by atoms with E-state index in [-0.39, 0.29) is 0 Å². The summed E-state index contributed by atoms with van der Waals surface area (Å²) in [4.78, 5) is 20.9. The van der Waals surface area contributed by atoms with Gasteiger partial charge >= 0.3 is 0 Å². The maximum Gasteiger partial charge on any atom is 0.215 e. The van der Waals surface area contributed by atoms with Crippen molar-refractivity contribution >= 4 is 46.4 Å². The van der Waals surface area contributed by atoms with Crippen LogP contribution in [0.15, 0.2) is 23.6 Å². The lowest BCUT2D eigenvalue weighted by Gasteiger charge is -2.13. The third-order valence-corrected chi connectivity index (χ3v) is 5.72. The minimum absolute atomic E-state index is 0.599. The number of fused-ring (bicyclic) bond motifs is 1. The van der Waals surface area contributed by atoms with Gasteiger partial charge in [0.2, 0.25) is 8.32 Å². The predicted molar refractivity (Wildman–Crippen MR) is 75.9 cm³/mol. The van der Waals surface area contributed by atoms with Gasteiger partial charge in [0, 0.05) is 10.3 Å². The number of thiophene rings is 1. The van der Waals surface area contributed by atoms with Crippen molar-refractivity contribution in [2.45, 2.75) is 20.0 Å². The summed E-state index contributed by atoms with van der Waals surface area (Å²) in [5.74, 6) is 1.92. The quantitative estimate of drug-likeness (QED) is 0.667. The summed E-state index contributed by atoms with van der Waals surface area (Å²) in [5, 5.41) is 4.14. The van der Waals surface area contributed by atoms with Gasteiger partial charge in [-0.3, -0.25) is 0 Å². The van der Waals surface area contributed by atoms with E-state index < -0.39 is 8.32 Å². The minimum Gasteiger partial charge on any atom is -0.428 e. The molecular formula is C13H14O2SSi. The summed E-state index contributed by atoms with van der Waals surface area (Å²) in [7, 11) is -2.31. The van der Waals surface area contributed by atoms with Crippen molar-refractivity contribution in [3.8, 4) is 0 Å². The van der Waals surface area contributed by atoms with Crippen LogP contribution in [-0.4, -0.2) is 19.1 Å². The molecule has 1 aromatic carbocycles. The third kappa shape index (κ3) is 2.26. The second kappa shape index (κ2) is 4.24. The van der Waals surface area contributed by atoms with Crippen molar-refractivity contribution in [1.29, 1.82) is 0 Å². The van der Waals surface area contributed by atoms with Crippen LogP contribution in [-0.2, 0) is 4.79 Å². The van der Waals surface area contributed by atoms with Crippen molar-refractivity contribution < 1.29 is 9.59 Å². The first-order chi connectivity index (χ1) is 7.93. The van der Waals surface area contributed by atoms with Gasteiger partial charge in [-0.05, 0) is 53.7 Å². The van der Waals surface area contributed by atoms with Gasteiger partial charge in [-0.1, -0.05) is 6.07 Å². The highest BCUT2D eigenvalue weighted by Crippen LogP contribution is 2.24. The minimum atomic E-state index is -2.31. The molecule has 0 aliphatic carbocycles. The number of hydrogen-bond donors (Lipinski definition) is 1. The molecule has 0 bridgehead atoms. The van der Waals surface area contributed by atoms with Gasteiger partial charge in [0.25, 0.3) is 0 Å². The lowest BCUT2D eigenvalue weighted by molar-refractivity contribution is 0.568. The van der Waals surface area contributed by atoms with Crippen molar-refractivity contribution in [2.75, 3.05) is 0 Å². The van der Waals surface area contributed by atoms with Gasteiger partial charge in [-0.25, -0.2) is 4.79 Å². The molecule has 88 valence electrons. The molecule has 1 N–H and O–H groups in total. The Bertz CT molecular complexity index is 616. The van der Waals surface area contributed by atoms with E-state index in [1.807, 2.05) is 42.6 Å². The molecule has 0 radical (unpaired) electrons. The first-order valence-electron chi connectivity index (χ1n) is 5.39. The van der Waals surface area contributed by atoms with Gasteiger partial charge in [0.05, 0.1) is 0 Å². The summed E-state index contributed by atoms with van der Waals surface area (Å²) in [5.41, 5.74) is 1.48. The van der Waals surface area contributed by atoms with Crippen LogP contribution in [0.4, 0.5) is 0 Å². The van der Waals surface area contributed by atoms with Crippen molar-refractivity contribution in [2.24, 2.45) is 0 Å². The smallest absolute Gasteiger partial charge is 0.215 e. The number of carbonyl (C=O) groups excluding carboxylic acids is 1. The Morgan fingerprint density at radius 3 is 2.71 bits per heavy atom. The molecule has 2 nitrogen and oxygen atoms in total. The Labute approximate surface area is 105 Å². The van der Waals surface area contributed by atoms with Crippen LogP contribution < -0.4 is 5.19 Å². The predicted octanol–water partition coefficient (Wildman–Crippen LogP) is 2.54. The highest BCUT2D eigenvalue weighted by Gasteiger charge is 2.24. The third-order valence-electron chi connectivity index (χ3n) is 2.82. The van der Waals surface area contributed by atoms with Crippen molar-refractivity contribution in [3.63, 3.8) is 0 Å². The zero-order valence-corrected chi connectivity index (χ0v) is 11.9. The van der Waals surface area contributed by atoms with Crippen LogP contribution in [0.3, 0.4) is 0 Å². The van der Waals surface area contributed by atoms with Crippen LogP contribution in [0.2, 0.25) is 13.1 Å². The van der Waals surface area contributed by atoms with Gasteiger partial charge < -0.3 is 4.80 Å². The van der Waals surface area contributed by atoms with Crippen LogP contribution in [0.25, 0.3) is 15.7 Å². The molecule has 1 aromatic heterocycles. The highest BCUT2D eigenvalue weighted by atomic mass is 32.1. The number of rotatable bonds is 2. The molecule has 0 unspecified atom stereocenters. The van der Waals surface area contributed by atoms with E-state index in [9.17, 15) is 9.59 Å². The summed E-state index contributed by atoms with van der Waals surface area (Å²) in [6.45, 7) is 5.56. The summed E-state index contributed by atoms with van der Waals surface area (Å²) >= 11 is 1.64. The van der Waals surface area contributed by atoms with Gasteiger partial charge in [0.1, 0.15) is 5.94 Å². The molecule has 2 rings (SSSR count). The van der Waals surface area contributed by atoms with Crippen molar-refractivity contribution in [3.05, 3.63) is 29.1 Å². The Balaban J connectivity index is 2.71. The standard InChI is InChI=1S/C13H14O2SSi/c1-9(7-14)10-4-5-12-11(6-10)13(8-16-12)17(2,3)15/h4-6,8,15H,1-3H3. The van der Waals surface area contributed by atoms with Crippen LogP contribution in [0.5, 0.6) is 0 Å². The van der Waals surface area contributed by atoms with E-state index in [1.54, 1.807) is 18.3 Å². The molecule has 0 saturated heterocycles. The molecular weight excluding hydrogens is 248 g/mol. The molecule has 17 heavy (non-hydrogen) atoms. The number of benzene rings is 1. The Hall–Kier alpha value is -1.19. The first kappa shape index (κ1) is 12.3. The topological polar surface area (TPSA) is 37.3 Å². The summed E-state index contributed by atoms with van der Waals surface area (Å²) < 4.78 is 1.15. The fourth-order valence-electron chi connectivity index (χ4n) is 1.80. The van der Waals surface area contributed by atoms with Crippen LogP contribution >= 0.6 is 11.3 Å². The van der Waals surface area contributed by atoms with Crippen molar-refractivity contribution in [1.82, 2.24) is 0 Å². The first-order valence-corrected chi connectivity index (χ1v) is 9.22. The average molecular weight is 262 g/mol. The average Bonchev–Trinajstić information content (AvgIpc) is 2.70. The molecule has 0 spiro atoms. The zero-order valence-electron chi connectivity index (χ0n) is 10.1. The summed E-state index contributed by atoms with van der Waals surface area (Å²) in [6, 6.07) is 5.90. The Morgan fingerprint density at radius 2 is 2.12 bits per heavy atom. The second-order valence-electron chi connectivity index (χ2n) is 4.65. The van der Waals surface area contributed by atoms with Gasteiger partial charge in [0.15, 0.2) is 0 Å². The molecule has 0 saturated carbocycles. The fraction of sp³-hybridized carbons (Fsp3) is 0.231. The molecule has 2 aromatic rings. The molecule has 0 atom stereocenters. The van der Waals surface area contributed by atoms with Gasteiger partial charge in [-0.2, -0.15) is 0 Å². The lowest BCUT2D eigenvalue weighted by atomic mass is 10.1. The lowest BCUT2D eigenvalue weighted by Crippen LogP contribution is -2.40. The van der Waals surface area contributed by atoms with E-state index in [4.69, 9.17) is 0 Å². The SMILES string of the molecule is CC(=C=O)c1ccc2scc([Si](C)(C)O)c2c1. The van der Waals surface area contributed by atoms with E-state index in [0.29, 0.717) is 5.57 Å². The number of allylic oxidation sites excluding steroid dienone is 1. The maximum absolute atomic E-state index is 10.7. The molecule has 0 aliphatic rings. The van der Waals surface area contributed by atoms with E-state index in [1.165, 1.54) is 0 Å². The van der Waals surface area contributed by atoms with Crippen LogP contribution in [0, 0.1) is 0 Å². The fourth-order valence-corrected chi connectivity index (χ4v) is 4.90. The zero-order chi connectivity index (χ0) is 12.6. The molecule has 1 heterocycles. The van der Waals surface area contributed by atoms with E-state index in [2.05, 4.69) is 0 Å². The molecule has 4 heteroatoms. The van der Waals surface area contributed by atoms with E-state index in [0.717, 1.165) is 20.8 Å². The molecule has 0 fully saturated rings. The van der Waals surface area contributed by atoms with E-state index >= 15 is 0 Å². The van der Waals surface area contributed by atoms with Crippen LogP contribution in [0.1, 0.15) is 12.5 Å². The maximum atomic E-state index is 10.7. The second-order valence-corrected chi connectivity index (χ2v) is 9.21. The molecule has 0 aliphatic heterocycles.